The Labute approximate surface area is 67.5 Å². The zero-order chi connectivity index (χ0) is 9.41. The van der Waals surface area contributed by atoms with Crippen LogP contribution in [0.3, 0.4) is 0 Å². The Morgan fingerprint density at radius 2 is 2.17 bits per heavy atom. The second-order valence-corrected chi connectivity index (χ2v) is 2.70. The first kappa shape index (κ1) is 9.34. The van der Waals surface area contributed by atoms with E-state index in [1.807, 2.05) is 0 Å². The van der Waals surface area contributed by atoms with E-state index >= 15 is 0 Å². The van der Waals surface area contributed by atoms with Crippen molar-refractivity contribution in [1.82, 2.24) is 5.32 Å². The number of nitrogens with one attached hydrogen (secondary N) is 1. The molecule has 1 aliphatic rings. The zero-order valence-corrected chi connectivity index (χ0v) is 6.43. The van der Waals surface area contributed by atoms with Crippen molar-refractivity contribution in [1.29, 1.82) is 0 Å². The van der Waals surface area contributed by atoms with Gasteiger partial charge < -0.3 is 15.2 Å². The van der Waals surface area contributed by atoms with Crippen LogP contribution in [0, 0.1) is 0 Å². The molecule has 0 atom stereocenters. The summed E-state index contributed by atoms with van der Waals surface area (Å²) in [6, 6.07) is 0. The van der Waals surface area contributed by atoms with E-state index in [9.17, 15) is 13.6 Å². The van der Waals surface area contributed by atoms with Gasteiger partial charge >= 0.3 is 11.9 Å². The van der Waals surface area contributed by atoms with E-state index in [2.05, 4.69) is 10.1 Å². The summed E-state index contributed by atoms with van der Waals surface area (Å²) in [5, 5.41) is 11.6. The molecule has 1 rings (SSSR count). The second kappa shape index (κ2) is 2.63. The number of carbonyl (C=O) groups excluding carboxylic acids is 1. The Bertz CT molecular complexity index is 203. The van der Waals surface area contributed by atoms with Crippen molar-refractivity contribution in [3.63, 3.8) is 0 Å². The number of hydrogen-bond donors (Lipinski definition) is 2. The summed E-state index contributed by atoms with van der Waals surface area (Å²) in [5.41, 5.74) is -2.28. The van der Waals surface area contributed by atoms with Gasteiger partial charge in [-0.25, -0.2) is 4.79 Å². The van der Waals surface area contributed by atoms with Gasteiger partial charge in [-0.05, 0) is 0 Å². The third-order valence-corrected chi connectivity index (χ3v) is 1.86. The fourth-order valence-electron chi connectivity index (χ4n) is 0.902. The third-order valence-electron chi connectivity index (χ3n) is 1.86. The second-order valence-electron chi connectivity index (χ2n) is 2.70. The molecule has 1 fully saturated rings. The van der Waals surface area contributed by atoms with Crippen LogP contribution in [0.2, 0.25) is 0 Å². The lowest BCUT2D eigenvalue weighted by molar-refractivity contribution is -0.222. The molecular weight excluding hydrogens is 172 g/mol. The Kier molecular flexibility index (Phi) is 2.05. The third kappa shape index (κ3) is 1.07. The highest BCUT2D eigenvalue weighted by molar-refractivity contribution is 5.79. The smallest absolute Gasteiger partial charge is 0.380 e. The quantitative estimate of drug-likeness (QED) is 0.543. The molecule has 0 unspecified atom stereocenters. The number of rotatable bonds is 2. The first-order valence-corrected chi connectivity index (χ1v) is 3.33. The van der Waals surface area contributed by atoms with Crippen molar-refractivity contribution in [2.24, 2.45) is 0 Å². The summed E-state index contributed by atoms with van der Waals surface area (Å²) in [4.78, 5) is 10.5. The minimum atomic E-state index is -3.83. The van der Waals surface area contributed by atoms with Crippen LogP contribution in [-0.4, -0.2) is 42.8 Å². The topological polar surface area (TPSA) is 58.6 Å². The number of alkyl halides is 2. The fraction of sp³-hybridized carbons (Fsp3) is 0.833. The highest BCUT2D eigenvalue weighted by Crippen LogP contribution is 2.32. The molecule has 0 aromatic rings. The van der Waals surface area contributed by atoms with Gasteiger partial charge in [0.1, 0.15) is 0 Å². The van der Waals surface area contributed by atoms with Gasteiger partial charge in [0.15, 0.2) is 5.60 Å². The summed E-state index contributed by atoms with van der Waals surface area (Å²) >= 11 is 0. The molecule has 70 valence electrons. The lowest BCUT2D eigenvalue weighted by atomic mass is 9.89. The summed E-state index contributed by atoms with van der Waals surface area (Å²) in [6.07, 6.45) is 0. The van der Waals surface area contributed by atoms with Crippen LogP contribution in [-0.2, 0) is 9.53 Å². The van der Waals surface area contributed by atoms with Crippen LogP contribution in [0.4, 0.5) is 8.78 Å². The normalized spacial score (nSPS) is 21.3. The van der Waals surface area contributed by atoms with E-state index in [0.29, 0.717) is 0 Å². The zero-order valence-electron chi connectivity index (χ0n) is 6.43. The van der Waals surface area contributed by atoms with Crippen LogP contribution < -0.4 is 5.32 Å². The molecule has 1 heterocycles. The summed E-state index contributed by atoms with van der Waals surface area (Å²) in [5.74, 6) is -5.53. The standard InChI is InChI=1S/C6H9F2NO3/c1-12-4(10)6(7,8)5(11)2-9-3-5/h9,11H,2-3H2,1H3. The minimum absolute atomic E-state index is 0.297. The molecule has 4 nitrogen and oxygen atoms in total. The van der Waals surface area contributed by atoms with Crippen molar-refractivity contribution in [2.45, 2.75) is 11.5 Å². The van der Waals surface area contributed by atoms with E-state index in [0.717, 1.165) is 7.11 Å². The number of methoxy groups -OCH3 is 1. The first-order chi connectivity index (χ1) is 5.44. The number of β-amino-alcohol motifs (C(OH)–C–C–N with tert-alkyl or cyclic N) is 1. The molecule has 6 heteroatoms. The van der Waals surface area contributed by atoms with Gasteiger partial charge in [-0.3, -0.25) is 0 Å². The van der Waals surface area contributed by atoms with Gasteiger partial charge in [-0.2, -0.15) is 8.78 Å². The molecule has 2 N–H and O–H groups in total. The van der Waals surface area contributed by atoms with Gasteiger partial charge in [0.05, 0.1) is 7.11 Å². The Hall–Kier alpha value is -0.750. The summed E-state index contributed by atoms with van der Waals surface area (Å²) in [7, 11) is 0.853. The molecule has 12 heavy (non-hydrogen) atoms. The maximum Gasteiger partial charge on any atom is 0.380 e. The molecule has 0 saturated carbocycles. The Balaban J connectivity index is 2.76. The molecular formula is C6H9F2NO3. The van der Waals surface area contributed by atoms with Gasteiger partial charge in [0.25, 0.3) is 0 Å². The largest absolute Gasteiger partial charge is 0.464 e. The Morgan fingerprint density at radius 3 is 2.42 bits per heavy atom. The average Bonchev–Trinajstić information content (AvgIpc) is 1.98. The molecule has 0 spiro atoms. The van der Waals surface area contributed by atoms with Crippen molar-refractivity contribution in [3.05, 3.63) is 0 Å². The number of esters is 1. The van der Waals surface area contributed by atoms with Crippen LogP contribution in [0.5, 0.6) is 0 Å². The summed E-state index contributed by atoms with van der Waals surface area (Å²) < 4.78 is 29.6. The highest BCUT2D eigenvalue weighted by atomic mass is 19.3. The lowest BCUT2D eigenvalue weighted by Crippen LogP contribution is -2.71. The number of hydrogen-bond acceptors (Lipinski definition) is 4. The maximum atomic E-state index is 12.9. The summed E-state index contributed by atoms with van der Waals surface area (Å²) in [6.45, 7) is -0.593. The number of carbonyl (C=O) groups is 1. The fourth-order valence-corrected chi connectivity index (χ4v) is 0.902. The molecule has 0 aliphatic carbocycles. The van der Waals surface area contributed by atoms with Crippen LogP contribution in [0.15, 0.2) is 0 Å². The predicted molar refractivity (Wildman–Crippen MR) is 34.8 cm³/mol. The molecule has 0 aromatic carbocycles. The van der Waals surface area contributed by atoms with Crippen molar-refractivity contribution in [2.75, 3.05) is 20.2 Å². The average molecular weight is 181 g/mol. The highest BCUT2D eigenvalue weighted by Gasteiger charge is 2.62. The van der Waals surface area contributed by atoms with Crippen LogP contribution >= 0.6 is 0 Å². The van der Waals surface area contributed by atoms with E-state index in [1.165, 1.54) is 0 Å². The SMILES string of the molecule is COC(=O)C(F)(F)C1(O)CNC1. The van der Waals surface area contributed by atoms with Gasteiger partial charge in [0, 0.05) is 13.1 Å². The van der Waals surface area contributed by atoms with Crippen LogP contribution in [0.25, 0.3) is 0 Å². The number of aliphatic hydroxyl groups is 1. The molecule has 0 radical (unpaired) electrons. The predicted octanol–water partition coefficient (Wildman–Crippen LogP) is -0.871. The maximum absolute atomic E-state index is 12.9. The minimum Gasteiger partial charge on any atom is -0.464 e. The molecule has 1 saturated heterocycles. The lowest BCUT2D eigenvalue weighted by Gasteiger charge is -2.41. The van der Waals surface area contributed by atoms with Gasteiger partial charge in [-0.1, -0.05) is 0 Å². The number of ether oxygens (including phenoxy) is 1. The number of halogens is 2. The van der Waals surface area contributed by atoms with E-state index in [4.69, 9.17) is 5.11 Å². The molecule has 1 aliphatic heterocycles. The Morgan fingerprint density at radius 1 is 1.67 bits per heavy atom. The van der Waals surface area contributed by atoms with Crippen molar-refractivity contribution >= 4 is 5.97 Å². The van der Waals surface area contributed by atoms with Crippen LogP contribution in [0.1, 0.15) is 0 Å². The van der Waals surface area contributed by atoms with E-state index < -0.39 is 17.5 Å². The van der Waals surface area contributed by atoms with Gasteiger partial charge in [-0.15, -0.1) is 0 Å². The van der Waals surface area contributed by atoms with Crippen molar-refractivity contribution in [3.8, 4) is 0 Å². The molecule has 0 bridgehead atoms. The van der Waals surface area contributed by atoms with E-state index in [1.54, 1.807) is 0 Å². The molecule has 0 aromatic heterocycles. The van der Waals surface area contributed by atoms with Gasteiger partial charge in [0.2, 0.25) is 0 Å². The first-order valence-electron chi connectivity index (χ1n) is 3.33. The molecule has 0 amide bonds. The van der Waals surface area contributed by atoms with Crippen molar-refractivity contribution < 1.29 is 23.4 Å². The van der Waals surface area contributed by atoms with E-state index in [-0.39, 0.29) is 13.1 Å². The monoisotopic (exact) mass is 181 g/mol.